The monoisotopic (exact) mass is 225 g/mol. The van der Waals surface area contributed by atoms with E-state index >= 15 is 0 Å². The van der Waals surface area contributed by atoms with Crippen molar-refractivity contribution in [3.05, 3.63) is 10.0 Å². The maximum atomic E-state index is 4.23. The molecule has 84 valence electrons. The largest absolute Gasteiger partial charge is 0.308 e. The van der Waals surface area contributed by atoms with Gasteiger partial charge in [-0.2, -0.15) is 0 Å². The van der Waals surface area contributed by atoms with Crippen LogP contribution in [0.1, 0.15) is 43.1 Å². The SMILES string of the molecule is CCC(C)Cc1nnc(CNC2CC2)s1. The van der Waals surface area contributed by atoms with Crippen LogP contribution in [0.25, 0.3) is 0 Å². The topological polar surface area (TPSA) is 37.8 Å². The molecule has 0 aliphatic heterocycles. The molecule has 0 aromatic carbocycles. The third-order valence-corrected chi connectivity index (χ3v) is 3.79. The van der Waals surface area contributed by atoms with Crippen LogP contribution < -0.4 is 5.32 Å². The Kier molecular flexibility index (Phi) is 3.70. The van der Waals surface area contributed by atoms with Crippen molar-refractivity contribution in [1.82, 2.24) is 15.5 Å². The minimum absolute atomic E-state index is 0.724. The maximum absolute atomic E-state index is 4.23. The molecule has 1 aliphatic rings. The first-order chi connectivity index (χ1) is 7.28. The molecule has 1 N–H and O–H groups in total. The van der Waals surface area contributed by atoms with E-state index in [0.717, 1.165) is 29.9 Å². The highest BCUT2D eigenvalue weighted by atomic mass is 32.1. The third-order valence-electron chi connectivity index (χ3n) is 2.85. The molecular weight excluding hydrogens is 206 g/mol. The smallest absolute Gasteiger partial charge is 0.131 e. The third kappa shape index (κ3) is 3.54. The average molecular weight is 225 g/mol. The van der Waals surface area contributed by atoms with Crippen molar-refractivity contribution in [1.29, 1.82) is 0 Å². The Balaban J connectivity index is 1.79. The van der Waals surface area contributed by atoms with Gasteiger partial charge in [-0.1, -0.05) is 20.3 Å². The van der Waals surface area contributed by atoms with Gasteiger partial charge in [0.05, 0.1) is 0 Å². The lowest BCUT2D eigenvalue weighted by Crippen LogP contribution is -2.14. The molecule has 1 heterocycles. The van der Waals surface area contributed by atoms with Gasteiger partial charge in [-0.25, -0.2) is 0 Å². The van der Waals surface area contributed by atoms with Gasteiger partial charge < -0.3 is 5.32 Å². The fraction of sp³-hybridized carbons (Fsp3) is 0.818. The quantitative estimate of drug-likeness (QED) is 0.807. The second-order valence-corrected chi connectivity index (χ2v) is 5.61. The fourth-order valence-electron chi connectivity index (χ4n) is 1.40. The second-order valence-electron chi connectivity index (χ2n) is 4.46. The summed E-state index contributed by atoms with van der Waals surface area (Å²) < 4.78 is 0. The van der Waals surface area contributed by atoms with Crippen LogP contribution in [-0.2, 0) is 13.0 Å². The van der Waals surface area contributed by atoms with Crippen LogP contribution in [0.4, 0.5) is 0 Å². The summed E-state index contributed by atoms with van der Waals surface area (Å²) in [4.78, 5) is 0. The zero-order valence-electron chi connectivity index (χ0n) is 9.49. The van der Waals surface area contributed by atoms with Crippen molar-refractivity contribution in [2.75, 3.05) is 0 Å². The van der Waals surface area contributed by atoms with Gasteiger partial charge in [0.25, 0.3) is 0 Å². The summed E-state index contributed by atoms with van der Waals surface area (Å²) in [5.74, 6) is 0.724. The standard InChI is InChI=1S/C11H19N3S/c1-3-8(2)6-10-13-14-11(15-10)7-12-9-4-5-9/h8-9,12H,3-7H2,1-2H3. The van der Waals surface area contributed by atoms with E-state index in [1.165, 1.54) is 24.3 Å². The van der Waals surface area contributed by atoms with Gasteiger partial charge in [0.2, 0.25) is 0 Å². The minimum atomic E-state index is 0.724. The average Bonchev–Trinajstić information content (AvgIpc) is 2.97. The highest BCUT2D eigenvalue weighted by Crippen LogP contribution is 2.20. The number of hydrogen-bond donors (Lipinski definition) is 1. The lowest BCUT2D eigenvalue weighted by molar-refractivity contribution is 0.556. The summed E-state index contributed by atoms with van der Waals surface area (Å²) in [7, 11) is 0. The molecule has 0 radical (unpaired) electrons. The molecule has 1 atom stereocenters. The second kappa shape index (κ2) is 5.03. The Hall–Kier alpha value is -0.480. The maximum Gasteiger partial charge on any atom is 0.131 e. The predicted octanol–water partition coefficient (Wildman–Crippen LogP) is 2.38. The summed E-state index contributed by atoms with van der Waals surface area (Å²) in [6.45, 7) is 5.40. The number of rotatable bonds is 6. The van der Waals surface area contributed by atoms with Gasteiger partial charge >= 0.3 is 0 Å². The van der Waals surface area contributed by atoms with E-state index in [1.54, 1.807) is 11.3 Å². The summed E-state index contributed by atoms with van der Waals surface area (Å²) in [5, 5.41) is 14.2. The van der Waals surface area contributed by atoms with Crippen LogP contribution in [0, 0.1) is 5.92 Å². The Morgan fingerprint density at radius 1 is 1.40 bits per heavy atom. The van der Waals surface area contributed by atoms with Crippen LogP contribution >= 0.6 is 11.3 Å². The van der Waals surface area contributed by atoms with Crippen LogP contribution in [0.5, 0.6) is 0 Å². The van der Waals surface area contributed by atoms with Crippen molar-refractivity contribution in [2.24, 2.45) is 5.92 Å². The first-order valence-corrected chi connectivity index (χ1v) is 6.64. The Bertz CT molecular complexity index is 307. The number of aromatic nitrogens is 2. The molecule has 1 aromatic rings. The fourth-order valence-corrected chi connectivity index (χ4v) is 2.36. The molecule has 1 fully saturated rings. The van der Waals surface area contributed by atoms with Crippen LogP contribution in [0.3, 0.4) is 0 Å². The summed E-state index contributed by atoms with van der Waals surface area (Å²) >= 11 is 1.76. The first-order valence-electron chi connectivity index (χ1n) is 5.82. The number of hydrogen-bond acceptors (Lipinski definition) is 4. The van der Waals surface area contributed by atoms with Gasteiger partial charge in [0.15, 0.2) is 0 Å². The van der Waals surface area contributed by atoms with Crippen molar-refractivity contribution >= 4 is 11.3 Å². The number of nitrogens with one attached hydrogen (secondary N) is 1. The summed E-state index contributed by atoms with van der Waals surface area (Å²) in [6.07, 6.45) is 4.96. The van der Waals surface area contributed by atoms with Gasteiger partial charge in [-0.15, -0.1) is 21.5 Å². The van der Waals surface area contributed by atoms with E-state index in [9.17, 15) is 0 Å². The lowest BCUT2D eigenvalue weighted by atomic mass is 10.1. The molecule has 1 aliphatic carbocycles. The van der Waals surface area contributed by atoms with Crippen molar-refractivity contribution in [2.45, 2.75) is 52.1 Å². The highest BCUT2D eigenvalue weighted by molar-refractivity contribution is 7.11. The minimum Gasteiger partial charge on any atom is -0.308 e. The molecule has 0 bridgehead atoms. The van der Waals surface area contributed by atoms with Gasteiger partial charge in [0.1, 0.15) is 10.0 Å². The zero-order chi connectivity index (χ0) is 10.7. The molecule has 0 amide bonds. The van der Waals surface area contributed by atoms with Crippen LogP contribution in [0.2, 0.25) is 0 Å². The molecule has 1 saturated carbocycles. The molecule has 15 heavy (non-hydrogen) atoms. The van der Waals surface area contributed by atoms with E-state index in [-0.39, 0.29) is 0 Å². The van der Waals surface area contributed by atoms with E-state index in [4.69, 9.17) is 0 Å². The summed E-state index contributed by atoms with van der Waals surface area (Å²) in [5.41, 5.74) is 0. The van der Waals surface area contributed by atoms with E-state index < -0.39 is 0 Å². The van der Waals surface area contributed by atoms with Crippen molar-refractivity contribution in [3.63, 3.8) is 0 Å². The first kappa shape index (κ1) is 11.0. The number of nitrogens with zero attached hydrogens (tertiary/aromatic N) is 2. The van der Waals surface area contributed by atoms with Crippen LogP contribution in [0.15, 0.2) is 0 Å². The molecule has 1 aromatic heterocycles. The van der Waals surface area contributed by atoms with E-state index in [0.29, 0.717) is 0 Å². The zero-order valence-corrected chi connectivity index (χ0v) is 10.3. The van der Waals surface area contributed by atoms with Gasteiger partial charge in [-0.05, 0) is 18.8 Å². The van der Waals surface area contributed by atoms with E-state index in [2.05, 4.69) is 29.4 Å². The Morgan fingerprint density at radius 3 is 2.80 bits per heavy atom. The van der Waals surface area contributed by atoms with Crippen molar-refractivity contribution < 1.29 is 0 Å². The molecule has 1 unspecified atom stereocenters. The van der Waals surface area contributed by atoms with Gasteiger partial charge in [0, 0.05) is 19.0 Å². The Labute approximate surface area is 95.3 Å². The van der Waals surface area contributed by atoms with Gasteiger partial charge in [-0.3, -0.25) is 0 Å². The Morgan fingerprint density at radius 2 is 2.13 bits per heavy atom. The van der Waals surface area contributed by atoms with Crippen molar-refractivity contribution in [3.8, 4) is 0 Å². The lowest BCUT2D eigenvalue weighted by Gasteiger charge is -2.02. The molecule has 3 nitrogen and oxygen atoms in total. The molecule has 4 heteroatoms. The molecule has 0 saturated heterocycles. The normalized spacial score (nSPS) is 18.0. The highest BCUT2D eigenvalue weighted by Gasteiger charge is 2.20. The molecule has 2 rings (SSSR count). The molecular formula is C11H19N3S. The van der Waals surface area contributed by atoms with E-state index in [1.807, 2.05) is 0 Å². The molecule has 0 spiro atoms. The van der Waals surface area contributed by atoms with Crippen LogP contribution in [-0.4, -0.2) is 16.2 Å². The predicted molar refractivity (Wildman–Crippen MR) is 62.9 cm³/mol. The summed E-state index contributed by atoms with van der Waals surface area (Å²) in [6, 6.07) is 0.756.